The zero-order chi connectivity index (χ0) is 19.7. The highest BCUT2D eigenvalue weighted by molar-refractivity contribution is 9.10. The summed E-state index contributed by atoms with van der Waals surface area (Å²) in [5.74, 6) is -0.498. The van der Waals surface area contributed by atoms with Gasteiger partial charge in [0.15, 0.2) is 0 Å². The van der Waals surface area contributed by atoms with Gasteiger partial charge < -0.3 is 9.80 Å². The molecule has 1 saturated heterocycles. The number of carbonyl (C=O) groups is 2. The smallest absolute Gasteiger partial charge is 0.282 e. The van der Waals surface area contributed by atoms with Crippen LogP contribution in [-0.2, 0) is 9.59 Å². The van der Waals surface area contributed by atoms with Crippen LogP contribution in [-0.4, -0.2) is 54.3 Å². The van der Waals surface area contributed by atoms with E-state index in [1.165, 1.54) is 4.90 Å². The number of hydrogen-bond donors (Lipinski definition) is 0. The first-order valence-electron chi connectivity index (χ1n) is 9.51. The maximum Gasteiger partial charge on any atom is 0.282 e. The van der Waals surface area contributed by atoms with E-state index in [4.69, 9.17) is 0 Å². The number of hydrogen-bond acceptors (Lipinski definition) is 4. The number of carbonyl (C=O) groups excluding carboxylic acids is 2. The van der Waals surface area contributed by atoms with Crippen molar-refractivity contribution in [2.24, 2.45) is 0 Å². The Morgan fingerprint density at radius 1 is 0.857 bits per heavy atom. The van der Waals surface area contributed by atoms with Gasteiger partial charge in [0.1, 0.15) is 5.70 Å². The van der Waals surface area contributed by atoms with Gasteiger partial charge in [0.05, 0.1) is 11.3 Å². The number of halogens is 1. The largest absolute Gasteiger partial charge is 0.364 e. The lowest BCUT2D eigenvalue weighted by Gasteiger charge is -2.36. The third-order valence-electron chi connectivity index (χ3n) is 5.34. The molecule has 2 amide bonds. The summed E-state index contributed by atoms with van der Waals surface area (Å²) in [7, 11) is 0. The second kappa shape index (κ2) is 7.89. The SMILES string of the molecule is CCN1CCN(C2=C(c3ccccc3)C(=O)N(c3ccc(Br)cc3)C2=O)CC1. The number of amides is 2. The van der Waals surface area contributed by atoms with Crippen molar-refractivity contribution in [1.29, 1.82) is 0 Å². The predicted octanol–water partition coefficient (Wildman–Crippen LogP) is 3.37. The van der Waals surface area contributed by atoms with E-state index >= 15 is 0 Å². The normalized spacial score (nSPS) is 18.4. The van der Waals surface area contributed by atoms with Crippen LogP contribution in [0.4, 0.5) is 5.69 Å². The molecule has 0 aromatic heterocycles. The number of piperazine rings is 1. The Kier molecular flexibility index (Phi) is 5.33. The Morgan fingerprint density at radius 2 is 1.50 bits per heavy atom. The number of likely N-dealkylation sites (N-methyl/N-ethyl adjacent to an activating group) is 1. The second-order valence-corrected chi connectivity index (χ2v) is 7.85. The summed E-state index contributed by atoms with van der Waals surface area (Å²) < 4.78 is 0.905. The lowest BCUT2D eigenvalue weighted by atomic mass is 10.0. The third kappa shape index (κ3) is 3.38. The van der Waals surface area contributed by atoms with Crippen molar-refractivity contribution in [2.45, 2.75) is 6.92 Å². The van der Waals surface area contributed by atoms with Gasteiger partial charge in [0, 0.05) is 30.7 Å². The van der Waals surface area contributed by atoms with Crippen LogP contribution in [0.2, 0.25) is 0 Å². The molecule has 0 unspecified atom stereocenters. The van der Waals surface area contributed by atoms with E-state index in [1.807, 2.05) is 42.5 Å². The summed E-state index contributed by atoms with van der Waals surface area (Å²) in [6.07, 6.45) is 0. The fourth-order valence-corrected chi connectivity index (χ4v) is 4.05. The molecule has 4 rings (SSSR count). The minimum atomic E-state index is -0.258. The Balaban J connectivity index is 1.76. The first-order chi connectivity index (χ1) is 13.6. The lowest BCUT2D eigenvalue weighted by Crippen LogP contribution is -2.47. The molecule has 0 N–H and O–H groups in total. The van der Waals surface area contributed by atoms with Crippen molar-refractivity contribution in [3.63, 3.8) is 0 Å². The molecule has 6 heteroatoms. The molecule has 2 aliphatic rings. The average molecular weight is 440 g/mol. The number of rotatable bonds is 4. The summed E-state index contributed by atoms with van der Waals surface area (Å²) in [5.41, 5.74) is 2.40. The molecule has 2 heterocycles. The minimum absolute atomic E-state index is 0.240. The third-order valence-corrected chi connectivity index (χ3v) is 5.87. The standard InChI is InChI=1S/C22H22BrN3O2/c1-2-24-12-14-25(15-13-24)20-19(16-6-4-3-5-7-16)21(27)26(22(20)28)18-10-8-17(23)9-11-18/h3-11H,2,12-15H2,1H3. The molecule has 0 atom stereocenters. The van der Waals surface area contributed by atoms with E-state index in [0.29, 0.717) is 17.0 Å². The molecule has 5 nitrogen and oxygen atoms in total. The quantitative estimate of drug-likeness (QED) is 0.684. The van der Waals surface area contributed by atoms with Gasteiger partial charge in [-0.15, -0.1) is 0 Å². The van der Waals surface area contributed by atoms with Gasteiger partial charge >= 0.3 is 0 Å². The summed E-state index contributed by atoms with van der Waals surface area (Å²) in [5, 5.41) is 0. The molecular weight excluding hydrogens is 418 g/mol. The Morgan fingerprint density at radius 3 is 2.11 bits per heavy atom. The zero-order valence-corrected chi connectivity index (χ0v) is 17.4. The molecule has 2 aromatic rings. The molecule has 0 saturated carbocycles. The van der Waals surface area contributed by atoms with Crippen molar-refractivity contribution in [3.8, 4) is 0 Å². The van der Waals surface area contributed by atoms with Crippen LogP contribution < -0.4 is 4.90 Å². The van der Waals surface area contributed by atoms with Gasteiger partial charge in [-0.25, -0.2) is 4.90 Å². The van der Waals surface area contributed by atoms with Crippen molar-refractivity contribution in [1.82, 2.24) is 9.80 Å². The molecular formula is C22H22BrN3O2. The monoisotopic (exact) mass is 439 g/mol. The molecule has 2 aromatic carbocycles. The topological polar surface area (TPSA) is 43.9 Å². The fourth-order valence-electron chi connectivity index (χ4n) is 3.79. The van der Waals surface area contributed by atoms with Crippen LogP contribution in [0.3, 0.4) is 0 Å². The highest BCUT2D eigenvalue weighted by atomic mass is 79.9. The summed E-state index contributed by atoms with van der Waals surface area (Å²) in [6.45, 7) is 6.41. The van der Waals surface area contributed by atoms with Crippen molar-refractivity contribution < 1.29 is 9.59 Å². The van der Waals surface area contributed by atoms with Crippen molar-refractivity contribution in [3.05, 3.63) is 70.3 Å². The predicted molar refractivity (Wildman–Crippen MR) is 114 cm³/mol. The van der Waals surface area contributed by atoms with Crippen LogP contribution in [0.5, 0.6) is 0 Å². The van der Waals surface area contributed by atoms with Gasteiger partial charge in [-0.05, 0) is 36.4 Å². The Bertz CT molecular complexity index is 917. The highest BCUT2D eigenvalue weighted by Crippen LogP contribution is 2.35. The van der Waals surface area contributed by atoms with E-state index in [-0.39, 0.29) is 11.8 Å². The van der Waals surface area contributed by atoms with Crippen LogP contribution >= 0.6 is 15.9 Å². The van der Waals surface area contributed by atoms with E-state index < -0.39 is 0 Å². The van der Waals surface area contributed by atoms with E-state index in [0.717, 1.165) is 42.8 Å². The number of nitrogens with zero attached hydrogens (tertiary/aromatic N) is 3. The van der Waals surface area contributed by atoms with E-state index in [9.17, 15) is 9.59 Å². The van der Waals surface area contributed by atoms with Crippen LogP contribution in [0.1, 0.15) is 12.5 Å². The zero-order valence-electron chi connectivity index (χ0n) is 15.8. The van der Waals surface area contributed by atoms with Gasteiger partial charge in [0.2, 0.25) is 0 Å². The van der Waals surface area contributed by atoms with Gasteiger partial charge in [-0.2, -0.15) is 0 Å². The van der Waals surface area contributed by atoms with Gasteiger partial charge in [-0.3, -0.25) is 9.59 Å². The van der Waals surface area contributed by atoms with Crippen LogP contribution in [0, 0.1) is 0 Å². The van der Waals surface area contributed by atoms with Crippen LogP contribution in [0.25, 0.3) is 5.57 Å². The summed E-state index contributed by atoms with van der Waals surface area (Å²) in [4.78, 5) is 32.5. The van der Waals surface area contributed by atoms with Gasteiger partial charge in [0.25, 0.3) is 11.8 Å². The molecule has 144 valence electrons. The molecule has 1 fully saturated rings. The molecule has 0 radical (unpaired) electrons. The first kappa shape index (κ1) is 18.9. The molecule has 0 aliphatic carbocycles. The molecule has 0 spiro atoms. The highest BCUT2D eigenvalue weighted by Gasteiger charge is 2.42. The molecule has 0 bridgehead atoms. The van der Waals surface area contributed by atoms with Crippen LogP contribution in [0.15, 0.2) is 64.8 Å². The average Bonchev–Trinajstić information content (AvgIpc) is 2.99. The summed E-state index contributed by atoms with van der Waals surface area (Å²) >= 11 is 3.41. The molecule has 28 heavy (non-hydrogen) atoms. The Labute approximate surface area is 173 Å². The number of anilines is 1. The van der Waals surface area contributed by atoms with E-state index in [1.54, 1.807) is 12.1 Å². The van der Waals surface area contributed by atoms with E-state index in [2.05, 4.69) is 32.7 Å². The first-order valence-corrected chi connectivity index (χ1v) is 10.3. The molecule has 2 aliphatic heterocycles. The minimum Gasteiger partial charge on any atom is -0.364 e. The van der Waals surface area contributed by atoms with Crippen molar-refractivity contribution in [2.75, 3.05) is 37.6 Å². The fraction of sp³-hybridized carbons (Fsp3) is 0.273. The number of benzene rings is 2. The number of imide groups is 1. The van der Waals surface area contributed by atoms with Gasteiger partial charge in [-0.1, -0.05) is 53.2 Å². The maximum atomic E-state index is 13.4. The summed E-state index contributed by atoms with van der Waals surface area (Å²) in [6, 6.07) is 16.8. The maximum absolute atomic E-state index is 13.4. The van der Waals surface area contributed by atoms with Crippen molar-refractivity contribution >= 4 is 39.0 Å². The lowest BCUT2D eigenvalue weighted by molar-refractivity contribution is -0.120. The Hall–Kier alpha value is -2.44. The second-order valence-electron chi connectivity index (χ2n) is 6.93.